The summed E-state index contributed by atoms with van der Waals surface area (Å²) in [6.07, 6.45) is 2.68. The molecule has 0 aromatic rings. The van der Waals surface area contributed by atoms with Gasteiger partial charge in [-0.05, 0) is 38.5 Å². The van der Waals surface area contributed by atoms with Gasteiger partial charge in [-0.25, -0.2) is 13.4 Å². The number of sulfonamides is 1. The summed E-state index contributed by atoms with van der Waals surface area (Å²) in [7, 11) is -5.25. The maximum absolute atomic E-state index is 12.6. The average Bonchev–Trinajstić information content (AvgIpc) is 3.18. The summed E-state index contributed by atoms with van der Waals surface area (Å²) in [6.45, 7) is 4.19. The summed E-state index contributed by atoms with van der Waals surface area (Å²) in [5, 5.41) is 6.13. The molecule has 12 heteroatoms. The van der Waals surface area contributed by atoms with E-state index in [1.165, 1.54) is 0 Å². The van der Waals surface area contributed by atoms with Crippen LogP contribution in [0.5, 0.6) is 0 Å². The Morgan fingerprint density at radius 1 is 1.11 bits per heavy atom. The molecule has 2 saturated heterocycles. The highest BCUT2D eigenvalue weighted by molar-refractivity contribution is 7.90. The molecular formula is C16H28F3N5O3S. The molecule has 0 saturated carbocycles. The summed E-state index contributed by atoms with van der Waals surface area (Å²) in [6, 6.07) is 0. The van der Waals surface area contributed by atoms with Crippen molar-refractivity contribution in [3.63, 3.8) is 0 Å². The number of rotatable bonds is 6. The van der Waals surface area contributed by atoms with Crippen LogP contribution in [-0.2, 0) is 14.8 Å². The van der Waals surface area contributed by atoms with Crippen LogP contribution in [0.3, 0.4) is 0 Å². The predicted octanol–water partition coefficient (Wildman–Crippen LogP) is 0.726. The Kier molecular flexibility index (Phi) is 7.93. The second-order valence-corrected chi connectivity index (χ2v) is 8.89. The summed E-state index contributed by atoms with van der Waals surface area (Å²) < 4.78 is 61.2. The first-order valence-electron chi connectivity index (χ1n) is 9.51. The SMILES string of the molecule is CCNC(=NCC(=O)N1CCCC1)NCC1CCN(S(=O)(=O)C(F)(F)F)CC1. The summed E-state index contributed by atoms with van der Waals surface area (Å²) >= 11 is 0. The molecule has 2 N–H and O–H groups in total. The van der Waals surface area contributed by atoms with E-state index in [0.717, 1.165) is 25.9 Å². The van der Waals surface area contributed by atoms with Crippen molar-refractivity contribution in [3.8, 4) is 0 Å². The average molecular weight is 427 g/mol. The molecular weight excluding hydrogens is 399 g/mol. The quantitative estimate of drug-likeness (QED) is 0.481. The van der Waals surface area contributed by atoms with Crippen molar-refractivity contribution in [1.82, 2.24) is 19.8 Å². The molecule has 0 aliphatic carbocycles. The van der Waals surface area contributed by atoms with E-state index in [1.807, 2.05) is 6.92 Å². The van der Waals surface area contributed by atoms with Gasteiger partial charge in [0, 0.05) is 39.3 Å². The number of hydrogen-bond acceptors (Lipinski definition) is 4. The third-order valence-electron chi connectivity index (χ3n) is 4.94. The number of guanidine groups is 1. The number of piperidine rings is 1. The lowest BCUT2D eigenvalue weighted by atomic mass is 9.98. The number of aliphatic imine (C=N–C) groups is 1. The zero-order valence-corrected chi connectivity index (χ0v) is 16.8. The van der Waals surface area contributed by atoms with Gasteiger partial charge >= 0.3 is 15.5 Å². The van der Waals surface area contributed by atoms with Crippen LogP contribution in [0.1, 0.15) is 32.6 Å². The summed E-state index contributed by atoms with van der Waals surface area (Å²) in [4.78, 5) is 18.1. The molecule has 0 unspecified atom stereocenters. The van der Waals surface area contributed by atoms with Crippen LogP contribution in [0.4, 0.5) is 13.2 Å². The Morgan fingerprint density at radius 2 is 1.71 bits per heavy atom. The van der Waals surface area contributed by atoms with Crippen LogP contribution in [0, 0.1) is 5.92 Å². The monoisotopic (exact) mass is 427 g/mol. The van der Waals surface area contributed by atoms with Crippen molar-refractivity contribution in [2.45, 2.75) is 38.1 Å². The number of carbonyl (C=O) groups excluding carboxylic acids is 1. The van der Waals surface area contributed by atoms with Gasteiger partial charge in [-0.2, -0.15) is 17.5 Å². The highest BCUT2D eigenvalue weighted by Gasteiger charge is 2.50. The normalized spacial score (nSPS) is 20.4. The van der Waals surface area contributed by atoms with Crippen LogP contribution < -0.4 is 10.6 Å². The highest BCUT2D eigenvalue weighted by Crippen LogP contribution is 2.30. The van der Waals surface area contributed by atoms with E-state index in [2.05, 4.69) is 15.6 Å². The molecule has 2 rings (SSSR count). The number of amides is 1. The molecule has 0 aromatic carbocycles. The Labute approximate surface area is 163 Å². The molecule has 0 bridgehead atoms. The topological polar surface area (TPSA) is 94.1 Å². The van der Waals surface area contributed by atoms with E-state index in [-0.39, 0.29) is 31.5 Å². The summed E-state index contributed by atoms with van der Waals surface area (Å²) in [5.74, 6) is 0.471. The Bertz CT molecular complexity index is 655. The fourth-order valence-electron chi connectivity index (χ4n) is 3.30. The van der Waals surface area contributed by atoms with Crippen LogP contribution >= 0.6 is 0 Å². The van der Waals surface area contributed by atoms with Gasteiger partial charge in [-0.3, -0.25) is 4.79 Å². The van der Waals surface area contributed by atoms with Crippen molar-refractivity contribution < 1.29 is 26.4 Å². The lowest BCUT2D eigenvalue weighted by Gasteiger charge is -2.31. The molecule has 1 amide bonds. The second kappa shape index (κ2) is 9.77. The van der Waals surface area contributed by atoms with Gasteiger partial charge in [-0.1, -0.05) is 0 Å². The molecule has 162 valence electrons. The lowest BCUT2D eigenvalue weighted by molar-refractivity contribution is -0.128. The third kappa shape index (κ3) is 5.97. The molecule has 28 heavy (non-hydrogen) atoms. The molecule has 2 aliphatic rings. The highest BCUT2D eigenvalue weighted by atomic mass is 32.2. The second-order valence-electron chi connectivity index (χ2n) is 6.96. The number of hydrogen-bond donors (Lipinski definition) is 2. The van der Waals surface area contributed by atoms with Gasteiger partial charge in [-0.15, -0.1) is 0 Å². The van der Waals surface area contributed by atoms with Gasteiger partial charge in [0.2, 0.25) is 5.91 Å². The molecule has 0 atom stereocenters. The first-order valence-corrected chi connectivity index (χ1v) is 11.0. The largest absolute Gasteiger partial charge is 0.511 e. The maximum Gasteiger partial charge on any atom is 0.511 e. The molecule has 0 spiro atoms. The molecule has 2 heterocycles. The van der Waals surface area contributed by atoms with Gasteiger partial charge in [0.25, 0.3) is 0 Å². The van der Waals surface area contributed by atoms with Crippen molar-refractivity contribution in [3.05, 3.63) is 0 Å². The van der Waals surface area contributed by atoms with E-state index >= 15 is 0 Å². The number of nitrogens with zero attached hydrogens (tertiary/aromatic N) is 3. The van der Waals surface area contributed by atoms with Crippen molar-refractivity contribution >= 4 is 21.9 Å². The van der Waals surface area contributed by atoms with Crippen LogP contribution in [0.2, 0.25) is 0 Å². The van der Waals surface area contributed by atoms with Crippen molar-refractivity contribution in [2.75, 3.05) is 45.8 Å². The minimum absolute atomic E-state index is 0.0258. The minimum Gasteiger partial charge on any atom is -0.357 e. The Hall–Kier alpha value is -1.56. The number of carbonyl (C=O) groups is 1. The molecule has 0 radical (unpaired) electrons. The smallest absolute Gasteiger partial charge is 0.357 e. The van der Waals surface area contributed by atoms with E-state index in [0.29, 0.717) is 36.2 Å². The first-order chi connectivity index (χ1) is 13.1. The van der Waals surface area contributed by atoms with Gasteiger partial charge in [0.15, 0.2) is 5.96 Å². The number of nitrogens with one attached hydrogen (secondary N) is 2. The molecule has 2 fully saturated rings. The van der Waals surface area contributed by atoms with Crippen LogP contribution in [0.15, 0.2) is 4.99 Å². The van der Waals surface area contributed by atoms with Gasteiger partial charge in [0.05, 0.1) is 0 Å². The summed E-state index contributed by atoms with van der Waals surface area (Å²) in [5.41, 5.74) is -5.26. The number of alkyl halides is 3. The molecule has 2 aliphatic heterocycles. The first kappa shape index (κ1) is 22.7. The standard InChI is InChI=1S/C16H28F3N5O3S/c1-2-20-15(22-12-14(25)23-7-3-4-8-23)21-11-13-5-9-24(10-6-13)28(26,27)16(17,18)19/h13H,2-12H2,1H3,(H2,20,21,22). The van der Waals surface area contributed by atoms with Crippen LogP contribution in [0.25, 0.3) is 0 Å². The molecule has 0 aromatic heterocycles. The van der Waals surface area contributed by atoms with E-state index in [4.69, 9.17) is 0 Å². The van der Waals surface area contributed by atoms with Gasteiger partial charge < -0.3 is 15.5 Å². The van der Waals surface area contributed by atoms with E-state index in [9.17, 15) is 26.4 Å². The Morgan fingerprint density at radius 3 is 2.25 bits per heavy atom. The molecule has 8 nitrogen and oxygen atoms in total. The van der Waals surface area contributed by atoms with E-state index in [1.54, 1.807) is 4.90 Å². The van der Waals surface area contributed by atoms with E-state index < -0.39 is 15.5 Å². The predicted molar refractivity (Wildman–Crippen MR) is 99.1 cm³/mol. The maximum atomic E-state index is 12.6. The zero-order valence-electron chi connectivity index (χ0n) is 16.0. The third-order valence-corrected chi connectivity index (χ3v) is 6.57. The fraction of sp³-hybridized carbons (Fsp3) is 0.875. The number of halogens is 3. The minimum atomic E-state index is -5.26. The lowest BCUT2D eigenvalue weighted by Crippen LogP contribution is -2.47. The van der Waals surface area contributed by atoms with Crippen LogP contribution in [-0.4, -0.2) is 80.8 Å². The Balaban J connectivity index is 1.81. The zero-order chi connectivity index (χ0) is 20.8. The number of likely N-dealkylation sites (tertiary alicyclic amines) is 1. The van der Waals surface area contributed by atoms with Crippen molar-refractivity contribution in [2.24, 2.45) is 10.9 Å². The van der Waals surface area contributed by atoms with Gasteiger partial charge in [0.1, 0.15) is 6.54 Å². The fourth-order valence-corrected chi connectivity index (χ4v) is 4.28. The van der Waals surface area contributed by atoms with Crippen molar-refractivity contribution in [1.29, 1.82) is 0 Å².